The molecule has 7 heteroatoms. The summed E-state index contributed by atoms with van der Waals surface area (Å²) in [6.45, 7) is 0.958. The number of rotatable bonds is 5. The van der Waals surface area contributed by atoms with Gasteiger partial charge in [0.2, 0.25) is 5.91 Å². The Morgan fingerprint density at radius 1 is 1.32 bits per heavy atom. The summed E-state index contributed by atoms with van der Waals surface area (Å²) in [6.07, 6.45) is 5.47. The molecule has 0 saturated carbocycles. The SMILES string of the molecule is CN(CC(=O)Nc1sc2c(c1C#N)CCCCC2)Cc1ccc(Cl)s1. The number of carbonyl (C=O) groups excluding carboxylic acids is 1. The fourth-order valence-corrected chi connectivity index (χ4v) is 5.54. The Morgan fingerprint density at radius 3 is 2.84 bits per heavy atom. The zero-order valence-corrected chi connectivity index (χ0v) is 16.5. The van der Waals surface area contributed by atoms with E-state index in [4.69, 9.17) is 11.6 Å². The molecule has 1 amide bonds. The van der Waals surface area contributed by atoms with Gasteiger partial charge in [-0.05, 0) is 50.4 Å². The lowest BCUT2D eigenvalue weighted by Gasteiger charge is -2.15. The summed E-state index contributed by atoms with van der Waals surface area (Å²) < 4.78 is 0.756. The van der Waals surface area contributed by atoms with Crippen molar-refractivity contribution in [2.45, 2.75) is 38.6 Å². The third-order valence-corrected chi connectivity index (χ3v) is 6.68. The van der Waals surface area contributed by atoms with Crippen LogP contribution >= 0.6 is 34.3 Å². The summed E-state index contributed by atoms with van der Waals surface area (Å²) in [7, 11) is 1.90. The van der Waals surface area contributed by atoms with Crippen LogP contribution in [0.15, 0.2) is 12.1 Å². The monoisotopic (exact) mass is 393 g/mol. The van der Waals surface area contributed by atoms with E-state index in [1.807, 2.05) is 24.1 Å². The summed E-state index contributed by atoms with van der Waals surface area (Å²) in [5.41, 5.74) is 1.82. The lowest BCUT2D eigenvalue weighted by molar-refractivity contribution is -0.117. The average molecular weight is 394 g/mol. The van der Waals surface area contributed by atoms with Crippen LogP contribution in [0.5, 0.6) is 0 Å². The molecule has 4 nitrogen and oxygen atoms in total. The molecule has 0 atom stereocenters. The number of hydrogen-bond donors (Lipinski definition) is 1. The van der Waals surface area contributed by atoms with Crippen molar-refractivity contribution in [2.24, 2.45) is 0 Å². The summed E-state index contributed by atoms with van der Waals surface area (Å²) in [4.78, 5) is 16.7. The Labute approximate surface area is 161 Å². The van der Waals surface area contributed by atoms with Crippen molar-refractivity contribution < 1.29 is 4.79 Å². The highest BCUT2D eigenvalue weighted by Gasteiger charge is 2.21. The van der Waals surface area contributed by atoms with Gasteiger partial charge in [0.1, 0.15) is 11.1 Å². The molecule has 132 valence electrons. The zero-order chi connectivity index (χ0) is 17.8. The Morgan fingerprint density at radius 2 is 2.12 bits per heavy atom. The lowest BCUT2D eigenvalue weighted by atomic mass is 10.1. The molecule has 25 heavy (non-hydrogen) atoms. The van der Waals surface area contributed by atoms with E-state index in [9.17, 15) is 10.1 Å². The van der Waals surface area contributed by atoms with Crippen LogP contribution in [0.4, 0.5) is 5.00 Å². The number of carbonyl (C=O) groups is 1. The largest absolute Gasteiger partial charge is 0.315 e. The molecule has 3 rings (SSSR count). The smallest absolute Gasteiger partial charge is 0.239 e. The molecular weight excluding hydrogens is 374 g/mol. The number of nitrogens with one attached hydrogen (secondary N) is 1. The van der Waals surface area contributed by atoms with Crippen molar-refractivity contribution in [3.8, 4) is 6.07 Å². The highest BCUT2D eigenvalue weighted by atomic mass is 35.5. The molecule has 0 fully saturated rings. The normalized spacial score (nSPS) is 14.0. The van der Waals surface area contributed by atoms with Crippen molar-refractivity contribution in [3.63, 3.8) is 0 Å². The number of amides is 1. The van der Waals surface area contributed by atoms with E-state index >= 15 is 0 Å². The van der Waals surface area contributed by atoms with Gasteiger partial charge < -0.3 is 5.32 Å². The van der Waals surface area contributed by atoms with E-state index in [1.165, 1.54) is 22.6 Å². The molecule has 2 aromatic heterocycles. The Kier molecular flexibility index (Phi) is 6.13. The van der Waals surface area contributed by atoms with Gasteiger partial charge in [-0.25, -0.2) is 0 Å². The van der Waals surface area contributed by atoms with Crippen LogP contribution in [-0.4, -0.2) is 24.4 Å². The minimum atomic E-state index is -0.0851. The van der Waals surface area contributed by atoms with Gasteiger partial charge in [0.05, 0.1) is 16.4 Å². The third-order valence-electron chi connectivity index (χ3n) is 4.25. The molecule has 0 saturated heterocycles. The molecule has 0 spiro atoms. The number of nitrogens with zero attached hydrogens (tertiary/aromatic N) is 2. The maximum absolute atomic E-state index is 12.4. The van der Waals surface area contributed by atoms with Gasteiger partial charge >= 0.3 is 0 Å². The highest BCUT2D eigenvalue weighted by Crippen LogP contribution is 2.36. The fraction of sp³-hybridized carbons (Fsp3) is 0.444. The van der Waals surface area contributed by atoms with Gasteiger partial charge in [0, 0.05) is 16.3 Å². The van der Waals surface area contributed by atoms with Gasteiger partial charge in [-0.3, -0.25) is 9.69 Å². The van der Waals surface area contributed by atoms with Crippen LogP contribution in [0.3, 0.4) is 0 Å². The molecule has 2 aromatic rings. The Bertz CT molecular complexity index is 806. The van der Waals surface area contributed by atoms with Crippen LogP contribution in [0, 0.1) is 11.3 Å². The van der Waals surface area contributed by atoms with E-state index in [2.05, 4.69) is 11.4 Å². The number of hydrogen-bond acceptors (Lipinski definition) is 5. The minimum absolute atomic E-state index is 0.0851. The number of thiophene rings is 2. The first-order valence-corrected chi connectivity index (χ1v) is 10.3. The predicted octanol–water partition coefficient (Wildman–Crippen LogP) is 4.67. The Hall–Kier alpha value is -1.39. The molecule has 1 aliphatic carbocycles. The number of likely N-dealkylation sites (N-methyl/N-ethyl adjacent to an activating group) is 1. The Balaban J connectivity index is 1.64. The van der Waals surface area contributed by atoms with Crippen molar-refractivity contribution in [1.82, 2.24) is 4.90 Å². The number of halogens is 1. The second-order valence-corrected chi connectivity index (χ2v) is 9.21. The maximum Gasteiger partial charge on any atom is 0.239 e. The van der Waals surface area contributed by atoms with Crippen molar-refractivity contribution >= 4 is 45.2 Å². The van der Waals surface area contributed by atoms with E-state index in [1.54, 1.807) is 11.3 Å². The van der Waals surface area contributed by atoms with E-state index in [-0.39, 0.29) is 12.5 Å². The minimum Gasteiger partial charge on any atom is -0.315 e. The zero-order valence-electron chi connectivity index (χ0n) is 14.1. The molecule has 1 aliphatic rings. The predicted molar refractivity (Wildman–Crippen MR) is 105 cm³/mol. The first-order valence-electron chi connectivity index (χ1n) is 8.34. The lowest BCUT2D eigenvalue weighted by Crippen LogP contribution is -2.29. The van der Waals surface area contributed by atoms with Gasteiger partial charge in [-0.2, -0.15) is 5.26 Å². The topological polar surface area (TPSA) is 56.1 Å². The first kappa shape index (κ1) is 18.4. The molecule has 0 unspecified atom stereocenters. The molecule has 1 N–H and O–H groups in total. The summed E-state index contributed by atoms with van der Waals surface area (Å²) in [5, 5.41) is 13.2. The van der Waals surface area contributed by atoms with Gasteiger partial charge in [-0.15, -0.1) is 22.7 Å². The van der Waals surface area contributed by atoms with E-state index in [0.717, 1.165) is 40.5 Å². The maximum atomic E-state index is 12.4. The molecule has 0 aromatic carbocycles. The molecule has 0 radical (unpaired) electrons. The molecular formula is C18H20ClN3OS2. The third kappa shape index (κ3) is 4.62. The van der Waals surface area contributed by atoms with Crippen molar-refractivity contribution in [1.29, 1.82) is 5.26 Å². The number of aryl methyl sites for hydroxylation is 1. The van der Waals surface area contributed by atoms with Crippen LogP contribution in [0.2, 0.25) is 4.34 Å². The van der Waals surface area contributed by atoms with Crippen molar-refractivity contribution in [3.05, 3.63) is 37.4 Å². The molecule has 0 bridgehead atoms. The standard InChI is InChI=1S/C18H20ClN3OS2/c1-22(10-12-7-8-16(19)24-12)11-17(23)21-18-14(9-20)13-5-3-2-4-6-15(13)25-18/h7-8H,2-6,10-11H2,1H3,(H,21,23). The molecule has 2 heterocycles. The average Bonchev–Trinajstić information content (AvgIpc) is 3.01. The number of nitriles is 1. The van der Waals surface area contributed by atoms with Gasteiger partial charge in [0.15, 0.2) is 0 Å². The number of fused-ring (bicyclic) bond motifs is 1. The van der Waals surface area contributed by atoms with Crippen LogP contribution in [0.1, 0.15) is 40.1 Å². The van der Waals surface area contributed by atoms with Crippen LogP contribution < -0.4 is 5.32 Å². The second kappa shape index (κ2) is 8.33. The van der Waals surface area contributed by atoms with Crippen molar-refractivity contribution in [2.75, 3.05) is 18.9 Å². The second-order valence-electron chi connectivity index (χ2n) is 6.31. The van der Waals surface area contributed by atoms with E-state index in [0.29, 0.717) is 17.1 Å². The molecule has 0 aliphatic heterocycles. The number of anilines is 1. The van der Waals surface area contributed by atoms with Crippen LogP contribution in [-0.2, 0) is 24.2 Å². The quantitative estimate of drug-likeness (QED) is 0.750. The van der Waals surface area contributed by atoms with E-state index < -0.39 is 0 Å². The van der Waals surface area contributed by atoms with Crippen LogP contribution in [0.25, 0.3) is 0 Å². The fourth-order valence-electron chi connectivity index (χ4n) is 3.12. The van der Waals surface area contributed by atoms with Gasteiger partial charge in [-0.1, -0.05) is 18.0 Å². The first-order chi connectivity index (χ1) is 12.1. The summed E-state index contributed by atoms with van der Waals surface area (Å²) in [6, 6.07) is 6.15. The van der Waals surface area contributed by atoms with Gasteiger partial charge in [0.25, 0.3) is 0 Å². The summed E-state index contributed by atoms with van der Waals surface area (Å²) in [5.74, 6) is -0.0851. The summed E-state index contributed by atoms with van der Waals surface area (Å²) >= 11 is 9.04. The highest BCUT2D eigenvalue weighted by molar-refractivity contribution is 7.16.